The lowest BCUT2D eigenvalue weighted by atomic mass is 9.84. The molecule has 1 aromatic rings. The van der Waals surface area contributed by atoms with Crippen LogP contribution in [0.5, 0.6) is 0 Å². The number of benzene rings is 1. The maximum absolute atomic E-state index is 8.91. The molecule has 1 fully saturated rings. The van der Waals surface area contributed by atoms with Crippen LogP contribution in [0.15, 0.2) is 22.7 Å². The maximum Gasteiger partial charge on any atom is 0.0992 e. The number of hydrogen-bond acceptors (Lipinski definition) is 2. The third kappa shape index (κ3) is 3.30. The van der Waals surface area contributed by atoms with E-state index in [-0.39, 0.29) is 0 Å². The second-order valence-corrected chi connectivity index (χ2v) is 6.33. The molecule has 0 radical (unpaired) electrons. The summed E-state index contributed by atoms with van der Waals surface area (Å²) in [5.74, 6) is 0.925. The number of nitrogens with zero attached hydrogens (tertiary/aromatic N) is 2. The minimum atomic E-state index is 0.632. The van der Waals surface area contributed by atoms with E-state index in [2.05, 4.69) is 46.9 Å². The quantitative estimate of drug-likeness (QED) is 0.805. The van der Waals surface area contributed by atoms with E-state index in [1.807, 2.05) is 12.1 Å². The minimum absolute atomic E-state index is 0.632. The first-order valence-electron chi connectivity index (χ1n) is 7.08. The number of nitriles is 1. The monoisotopic (exact) mass is 320 g/mol. The van der Waals surface area contributed by atoms with Crippen molar-refractivity contribution in [1.29, 1.82) is 5.26 Å². The zero-order valence-corrected chi connectivity index (χ0v) is 13.3. The fourth-order valence-corrected chi connectivity index (χ4v) is 3.66. The summed E-state index contributed by atoms with van der Waals surface area (Å²) in [6, 6.07) is 8.66. The van der Waals surface area contributed by atoms with Gasteiger partial charge in [-0.3, -0.25) is 0 Å². The molecule has 0 heterocycles. The molecule has 102 valence electrons. The van der Waals surface area contributed by atoms with Gasteiger partial charge in [-0.2, -0.15) is 5.26 Å². The molecule has 0 spiro atoms. The third-order valence-corrected chi connectivity index (χ3v) is 5.03. The summed E-state index contributed by atoms with van der Waals surface area (Å²) in [6.07, 6.45) is 6.57. The molecule has 0 N–H and O–H groups in total. The van der Waals surface area contributed by atoms with Gasteiger partial charge >= 0.3 is 0 Å². The molecule has 0 unspecified atom stereocenters. The molecule has 1 aliphatic rings. The van der Waals surface area contributed by atoms with Crippen LogP contribution in [0, 0.1) is 17.2 Å². The van der Waals surface area contributed by atoms with Crippen molar-refractivity contribution in [1.82, 2.24) is 0 Å². The smallest absolute Gasteiger partial charge is 0.0992 e. The first-order valence-corrected chi connectivity index (χ1v) is 7.87. The van der Waals surface area contributed by atoms with Crippen molar-refractivity contribution >= 4 is 21.6 Å². The van der Waals surface area contributed by atoms with Crippen LogP contribution in [0.2, 0.25) is 0 Å². The van der Waals surface area contributed by atoms with E-state index in [0.717, 1.165) is 10.4 Å². The first kappa shape index (κ1) is 14.4. The van der Waals surface area contributed by atoms with Crippen LogP contribution in [0.4, 0.5) is 5.69 Å². The van der Waals surface area contributed by atoms with Crippen LogP contribution in [-0.2, 0) is 0 Å². The highest BCUT2D eigenvalue weighted by atomic mass is 79.9. The number of rotatable bonds is 3. The molecule has 19 heavy (non-hydrogen) atoms. The van der Waals surface area contributed by atoms with Crippen LogP contribution >= 0.6 is 15.9 Å². The van der Waals surface area contributed by atoms with Gasteiger partial charge in [0.15, 0.2) is 0 Å². The molecule has 0 aromatic heterocycles. The Morgan fingerprint density at radius 3 is 2.53 bits per heavy atom. The Balaban J connectivity index is 2.08. The van der Waals surface area contributed by atoms with Gasteiger partial charge in [0, 0.05) is 17.6 Å². The van der Waals surface area contributed by atoms with E-state index in [9.17, 15) is 0 Å². The molecular weight excluding hydrogens is 300 g/mol. The standard InChI is InChI=1S/C16H21BrN2/c1-3-12-4-7-14(8-5-12)19(2)16-9-6-13(11-18)10-15(16)17/h6,9-10,12,14H,3-5,7-8H2,1-2H3. The summed E-state index contributed by atoms with van der Waals surface area (Å²) in [6.45, 7) is 2.30. The first-order chi connectivity index (χ1) is 9.15. The summed E-state index contributed by atoms with van der Waals surface area (Å²) in [7, 11) is 2.17. The summed E-state index contributed by atoms with van der Waals surface area (Å²) in [5.41, 5.74) is 1.90. The van der Waals surface area contributed by atoms with Crippen molar-refractivity contribution in [3.63, 3.8) is 0 Å². The van der Waals surface area contributed by atoms with Gasteiger partial charge in [0.2, 0.25) is 0 Å². The van der Waals surface area contributed by atoms with Gasteiger partial charge < -0.3 is 4.90 Å². The Labute approximate surface area is 124 Å². The fourth-order valence-electron chi connectivity index (χ4n) is 3.00. The highest BCUT2D eigenvalue weighted by Gasteiger charge is 2.24. The van der Waals surface area contributed by atoms with E-state index in [1.54, 1.807) is 0 Å². The van der Waals surface area contributed by atoms with Crippen molar-refractivity contribution in [2.24, 2.45) is 5.92 Å². The predicted octanol–water partition coefficient (Wildman–Crippen LogP) is 4.73. The maximum atomic E-state index is 8.91. The van der Waals surface area contributed by atoms with Gasteiger partial charge in [-0.05, 0) is 65.7 Å². The molecular formula is C16H21BrN2. The molecule has 1 aromatic carbocycles. The van der Waals surface area contributed by atoms with Gasteiger partial charge in [-0.25, -0.2) is 0 Å². The fraction of sp³-hybridized carbons (Fsp3) is 0.562. The molecule has 2 nitrogen and oxygen atoms in total. The van der Waals surface area contributed by atoms with Crippen molar-refractivity contribution in [3.8, 4) is 6.07 Å². The van der Waals surface area contributed by atoms with E-state index in [1.165, 1.54) is 37.8 Å². The van der Waals surface area contributed by atoms with E-state index in [0.29, 0.717) is 11.6 Å². The van der Waals surface area contributed by atoms with Gasteiger partial charge in [0.1, 0.15) is 0 Å². The largest absolute Gasteiger partial charge is 0.371 e. The zero-order valence-electron chi connectivity index (χ0n) is 11.7. The number of anilines is 1. The van der Waals surface area contributed by atoms with Crippen LogP contribution < -0.4 is 4.90 Å². The van der Waals surface area contributed by atoms with Gasteiger partial charge in [0.05, 0.1) is 17.3 Å². The lowest BCUT2D eigenvalue weighted by molar-refractivity contribution is 0.313. The van der Waals surface area contributed by atoms with E-state index >= 15 is 0 Å². The minimum Gasteiger partial charge on any atom is -0.371 e. The van der Waals surface area contributed by atoms with Crippen LogP contribution in [-0.4, -0.2) is 13.1 Å². The highest BCUT2D eigenvalue weighted by molar-refractivity contribution is 9.10. The van der Waals surface area contributed by atoms with Gasteiger partial charge in [-0.1, -0.05) is 13.3 Å². The topological polar surface area (TPSA) is 27.0 Å². The van der Waals surface area contributed by atoms with Crippen molar-refractivity contribution < 1.29 is 0 Å². The van der Waals surface area contributed by atoms with Crippen molar-refractivity contribution in [3.05, 3.63) is 28.2 Å². The Bertz CT molecular complexity index is 470. The SMILES string of the molecule is CCC1CCC(N(C)c2ccc(C#N)cc2Br)CC1. The normalized spacial score (nSPS) is 22.8. The van der Waals surface area contributed by atoms with Gasteiger partial charge in [-0.15, -0.1) is 0 Å². The second kappa shape index (κ2) is 6.43. The molecule has 2 rings (SSSR count). The van der Waals surface area contributed by atoms with Gasteiger partial charge in [0.25, 0.3) is 0 Å². The zero-order chi connectivity index (χ0) is 13.8. The summed E-state index contributed by atoms with van der Waals surface area (Å²) < 4.78 is 1.02. The molecule has 1 saturated carbocycles. The molecule has 0 amide bonds. The number of hydrogen-bond donors (Lipinski definition) is 0. The average Bonchev–Trinajstić information content (AvgIpc) is 2.46. The summed E-state index contributed by atoms with van der Waals surface area (Å²) in [5, 5.41) is 8.91. The summed E-state index contributed by atoms with van der Waals surface area (Å²) in [4.78, 5) is 2.37. The Kier molecular flexibility index (Phi) is 4.87. The molecule has 1 aliphatic carbocycles. The molecule has 0 saturated heterocycles. The lowest BCUT2D eigenvalue weighted by Gasteiger charge is -2.36. The highest BCUT2D eigenvalue weighted by Crippen LogP contribution is 2.34. The van der Waals surface area contributed by atoms with Crippen molar-refractivity contribution in [2.45, 2.75) is 45.1 Å². The summed E-state index contributed by atoms with van der Waals surface area (Å²) >= 11 is 3.59. The second-order valence-electron chi connectivity index (χ2n) is 5.47. The average molecular weight is 321 g/mol. The Morgan fingerprint density at radius 2 is 2.00 bits per heavy atom. The molecule has 0 aliphatic heterocycles. The van der Waals surface area contributed by atoms with Crippen LogP contribution in [0.25, 0.3) is 0 Å². The Morgan fingerprint density at radius 1 is 1.32 bits per heavy atom. The molecule has 3 heteroatoms. The van der Waals surface area contributed by atoms with Crippen molar-refractivity contribution in [2.75, 3.05) is 11.9 Å². The Hall–Kier alpha value is -1.01. The van der Waals surface area contributed by atoms with E-state index in [4.69, 9.17) is 5.26 Å². The third-order valence-electron chi connectivity index (χ3n) is 4.40. The number of halogens is 1. The lowest BCUT2D eigenvalue weighted by Crippen LogP contribution is -2.35. The van der Waals surface area contributed by atoms with Crippen LogP contribution in [0.1, 0.15) is 44.6 Å². The van der Waals surface area contributed by atoms with E-state index < -0.39 is 0 Å². The molecule has 0 atom stereocenters. The van der Waals surface area contributed by atoms with Crippen LogP contribution in [0.3, 0.4) is 0 Å². The molecule has 0 bridgehead atoms. The predicted molar refractivity (Wildman–Crippen MR) is 83.3 cm³/mol.